The van der Waals surface area contributed by atoms with Gasteiger partial charge in [0.2, 0.25) is 0 Å². The lowest BCUT2D eigenvalue weighted by atomic mass is 10.1. The predicted octanol–water partition coefficient (Wildman–Crippen LogP) is 0.890. The average molecular weight is 213 g/mol. The third-order valence-corrected chi connectivity index (χ3v) is 1.77. The van der Waals surface area contributed by atoms with E-state index < -0.39 is 28.8 Å². The molecular formula is C8H5F2N3O2. The van der Waals surface area contributed by atoms with Gasteiger partial charge in [-0.3, -0.25) is 0 Å². The average Bonchev–Trinajstić information content (AvgIpc) is 2.59. The minimum atomic E-state index is -1.01. The first kappa shape index (κ1) is 9.38. The number of benzene rings is 1. The van der Waals surface area contributed by atoms with Crippen LogP contribution in [0.5, 0.6) is 0 Å². The van der Waals surface area contributed by atoms with Crippen LogP contribution in [0.2, 0.25) is 0 Å². The van der Waals surface area contributed by atoms with Crippen LogP contribution >= 0.6 is 0 Å². The van der Waals surface area contributed by atoms with Crippen LogP contribution < -0.4 is 11.5 Å². The van der Waals surface area contributed by atoms with Crippen LogP contribution in [0.1, 0.15) is 0 Å². The molecule has 3 N–H and O–H groups in total. The summed E-state index contributed by atoms with van der Waals surface area (Å²) in [4.78, 5) is 10.6. The number of aromatic amines is 1. The van der Waals surface area contributed by atoms with Crippen molar-refractivity contribution in [1.82, 2.24) is 10.2 Å². The second kappa shape index (κ2) is 3.19. The van der Waals surface area contributed by atoms with Crippen molar-refractivity contribution in [2.45, 2.75) is 0 Å². The van der Waals surface area contributed by atoms with E-state index in [1.165, 1.54) is 0 Å². The topological polar surface area (TPSA) is 84.9 Å². The van der Waals surface area contributed by atoms with Gasteiger partial charge in [-0.15, -0.1) is 5.10 Å². The van der Waals surface area contributed by atoms with Gasteiger partial charge >= 0.3 is 5.76 Å². The van der Waals surface area contributed by atoms with Crippen molar-refractivity contribution >= 4 is 5.69 Å². The molecule has 0 amide bonds. The molecule has 0 bridgehead atoms. The first-order valence-electron chi connectivity index (χ1n) is 3.89. The number of hydrogen-bond donors (Lipinski definition) is 2. The van der Waals surface area contributed by atoms with Crippen molar-refractivity contribution < 1.29 is 13.2 Å². The van der Waals surface area contributed by atoms with E-state index in [0.717, 1.165) is 12.1 Å². The molecule has 0 radical (unpaired) electrons. The zero-order valence-corrected chi connectivity index (χ0v) is 7.25. The molecule has 0 aliphatic heterocycles. The van der Waals surface area contributed by atoms with Crippen LogP contribution in [0.4, 0.5) is 14.5 Å². The zero-order valence-electron chi connectivity index (χ0n) is 7.25. The third kappa shape index (κ3) is 1.47. The smallest absolute Gasteiger partial charge is 0.396 e. The molecule has 0 aliphatic rings. The molecule has 1 aromatic heterocycles. The number of nitrogens with two attached hydrogens (primary N) is 1. The van der Waals surface area contributed by atoms with Crippen molar-refractivity contribution in [2.24, 2.45) is 0 Å². The maximum absolute atomic E-state index is 13.4. The summed E-state index contributed by atoms with van der Waals surface area (Å²) in [6.45, 7) is 0. The lowest BCUT2D eigenvalue weighted by Gasteiger charge is -2.01. The number of nitrogens with one attached hydrogen (secondary N) is 1. The van der Waals surface area contributed by atoms with Gasteiger partial charge in [-0.1, -0.05) is 0 Å². The number of nitrogens with zero attached hydrogens (tertiary/aromatic N) is 1. The number of halogens is 2. The van der Waals surface area contributed by atoms with Crippen LogP contribution in [0.25, 0.3) is 11.5 Å². The van der Waals surface area contributed by atoms with E-state index in [9.17, 15) is 13.6 Å². The molecule has 0 saturated carbocycles. The summed E-state index contributed by atoms with van der Waals surface area (Å²) in [5, 5.41) is 5.20. The van der Waals surface area contributed by atoms with E-state index in [-0.39, 0.29) is 5.69 Å². The molecule has 0 unspecified atom stereocenters. The molecule has 7 heteroatoms. The van der Waals surface area contributed by atoms with E-state index in [1.807, 2.05) is 5.10 Å². The summed E-state index contributed by atoms with van der Waals surface area (Å²) in [7, 11) is 0. The third-order valence-electron chi connectivity index (χ3n) is 1.77. The molecule has 1 heterocycles. The number of H-pyrrole nitrogens is 1. The summed E-state index contributed by atoms with van der Waals surface area (Å²) in [6, 6.07) is 2.03. The van der Waals surface area contributed by atoms with Crippen molar-refractivity contribution in [3.05, 3.63) is 34.3 Å². The van der Waals surface area contributed by atoms with E-state index in [4.69, 9.17) is 5.73 Å². The Morgan fingerprint density at radius 2 is 2.13 bits per heavy atom. The maximum atomic E-state index is 13.4. The second-order valence-electron chi connectivity index (χ2n) is 2.74. The molecule has 2 aromatic rings. The largest absolute Gasteiger partial charge is 0.434 e. The Bertz CT molecular complexity index is 561. The lowest BCUT2D eigenvalue weighted by molar-refractivity contribution is 0.512. The first-order chi connectivity index (χ1) is 7.09. The Morgan fingerprint density at radius 3 is 2.73 bits per heavy atom. The fraction of sp³-hybridized carbons (Fsp3) is 0. The van der Waals surface area contributed by atoms with E-state index >= 15 is 0 Å². The van der Waals surface area contributed by atoms with E-state index in [2.05, 4.69) is 9.52 Å². The van der Waals surface area contributed by atoms with Gasteiger partial charge in [-0.2, -0.15) is 0 Å². The quantitative estimate of drug-likeness (QED) is 0.689. The normalized spacial score (nSPS) is 10.5. The molecule has 0 spiro atoms. The van der Waals surface area contributed by atoms with Gasteiger partial charge in [0.1, 0.15) is 11.4 Å². The molecule has 0 fully saturated rings. The number of aromatic nitrogens is 2. The highest BCUT2D eigenvalue weighted by Crippen LogP contribution is 2.26. The van der Waals surface area contributed by atoms with Crippen LogP contribution in [-0.2, 0) is 0 Å². The minimum absolute atomic E-state index is 0.253. The summed E-state index contributed by atoms with van der Waals surface area (Å²) < 4.78 is 31.0. The molecule has 1 aromatic carbocycles. The number of nitrogen functional groups attached to an aromatic ring is 1. The summed E-state index contributed by atoms with van der Waals surface area (Å²) >= 11 is 0. The minimum Gasteiger partial charge on any atom is -0.396 e. The maximum Gasteiger partial charge on any atom is 0.434 e. The summed E-state index contributed by atoms with van der Waals surface area (Å²) in [5.74, 6) is -3.28. The zero-order chi connectivity index (χ0) is 11.0. The van der Waals surface area contributed by atoms with Crippen LogP contribution in [0, 0.1) is 11.6 Å². The lowest BCUT2D eigenvalue weighted by Crippen LogP contribution is -1.97. The number of hydrogen-bond acceptors (Lipinski definition) is 4. The van der Waals surface area contributed by atoms with Crippen LogP contribution in [0.3, 0.4) is 0 Å². The van der Waals surface area contributed by atoms with Gasteiger partial charge in [0.25, 0.3) is 5.89 Å². The fourth-order valence-corrected chi connectivity index (χ4v) is 1.10. The SMILES string of the molecule is Nc1ccc(F)c(-c2n[nH]c(=O)o2)c1F. The van der Waals surface area contributed by atoms with Gasteiger partial charge in [-0.05, 0) is 12.1 Å². The Kier molecular flexibility index (Phi) is 2.00. The van der Waals surface area contributed by atoms with E-state index in [0.29, 0.717) is 0 Å². The molecule has 0 saturated heterocycles. The highest BCUT2D eigenvalue weighted by atomic mass is 19.1. The van der Waals surface area contributed by atoms with Crippen molar-refractivity contribution in [2.75, 3.05) is 5.73 Å². The Balaban J connectivity index is 2.71. The molecule has 0 aliphatic carbocycles. The monoisotopic (exact) mass is 213 g/mol. The second-order valence-corrected chi connectivity index (χ2v) is 2.74. The highest BCUT2D eigenvalue weighted by molar-refractivity contribution is 5.61. The van der Waals surface area contributed by atoms with Gasteiger partial charge in [-0.25, -0.2) is 18.7 Å². The predicted molar refractivity (Wildman–Crippen MR) is 46.9 cm³/mol. The Morgan fingerprint density at radius 1 is 1.40 bits per heavy atom. The van der Waals surface area contributed by atoms with Gasteiger partial charge in [0.05, 0.1) is 5.69 Å². The van der Waals surface area contributed by atoms with Gasteiger partial charge in [0, 0.05) is 0 Å². The molecule has 2 rings (SSSR count). The standard InChI is InChI=1S/C8H5F2N3O2/c9-3-1-2-4(11)6(10)5(3)7-12-13-8(14)15-7/h1-2H,11H2,(H,13,14). The van der Waals surface area contributed by atoms with Gasteiger partial charge < -0.3 is 10.2 Å². The first-order valence-corrected chi connectivity index (χ1v) is 3.89. The Hall–Kier alpha value is -2.18. The van der Waals surface area contributed by atoms with Gasteiger partial charge in [0.15, 0.2) is 5.82 Å². The van der Waals surface area contributed by atoms with Crippen LogP contribution in [-0.4, -0.2) is 10.2 Å². The fourth-order valence-electron chi connectivity index (χ4n) is 1.10. The summed E-state index contributed by atoms with van der Waals surface area (Å²) in [5.41, 5.74) is 4.42. The molecule has 78 valence electrons. The van der Waals surface area contributed by atoms with Crippen molar-refractivity contribution in [3.63, 3.8) is 0 Å². The Labute approximate surface area is 81.5 Å². The molecule has 0 atom stereocenters. The summed E-state index contributed by atoms with van der Waals surface area (Å²) in [6.07, 6.45) is 0. The van der Waals surface area contributed by atoms with Crippen molar-refractivity contribution in [1.29, 1.82) is 0 Å². The molecule has 5 nitrogen and oxygen atoms in total. The molecular weight excluding hydrogens is 208 g/mol. The van der Waals surface area contributed by atoms with E-state index in [1.54, 1.807) is 0 Å². The van der Waals surface area contributed by atoms with Crippen LogP contribution in [0.15, 0.2) is 21.3 Å². The van der Waals surface area contributed by atoms with Crippen molar-refractivity contribution in [3.8, 4) is 11.5 Å². The molecule has 15 heavy (non-hydrogen) atoms. The number of rotatable bonds is 1. The number of anilines is 1. The highest BCUT2D eigenvalue weighted by Gasteiger charge is 2.18.